The van der Waals surface area contributed by atoms with E-state index >= 15 is 0 Å². The summed E-state index contributed by atoms with van der Waals surface area (Å²) in [6.07, 6.45) is 0. The quantitative estimate of drug-likeness (QED) is 0.0657. The summed E-state index contributed by atoms with van der Waals surface area (Å²) in [5, 5.41) is 18.0. The molecule has 508 valence electrons. The number of halogens is 3. The van der Waals surface area contributed by atoms with Gasteiger partial charge in [-0.3, -0.25) is 0 Å². The topological polar surface area (TPSA) is 61.8 Å². The van der Waals surface area contributed by atoms with Crippen molar-refractivity contribution in [2.45, 2.75) is 51.8 Å². The van der Waals surface area contributed by atoms with Crippen LogP contribution in [0.1, 0.15) is 48.8 Å². The number of hydrogen-bond acceptors (Lipinski definition) is 7. The van der Waals surface area contributed by atoms with Gasteiger partial charge in [-0.05, 0) is 184 Å². The second kappa shape index (κ2) is 26.7. The lowest BCUT2D eigenvalue weighted by atomic mass is 9.78. The van der Waals surface area contributed by atoms with Gasteiger partial charge in [0, 0.05) is 40.4 Å². The number of fused-ring (bicyclic) bond motifs is 18. The normalized spacial score (nSPS) is 14.9. The molecule has 0 saturated carbocycles. The zero-order chi connectivity index (χ0) is 79.1. The SMILES string of the molecule is C.O=S(=O)(Oc1cccc(-c2ccc3c4ccccc4c4ccccc4c3c2)c1)C(F)(F)F.[2H]c1c([2H])c([2H])c(-c2cccc3c2sc2c(-c4cccc(-c5ccc6c7ccccc7c7ccccc7c6c5)c4)cccc23)c([2H])c1[2H].[2H]c1c([2H])c([2H])c(-c2cccc3c2sc2c(B4OC(C)(C)C(C)(C)O4)cccc23)c([2H])c1[2H]. The van der Waals surface area contributed by atoms with E-state index in [0.717, 1.165) is 106 Å². The highest BCUT2D eigenvalue weighted by Crippen LogP contribution is 2.47. The Morgan fingerprint density at radius 3 is 1.09 bits per heavy atom. The van der Waals surface area contributed by atoms with Gasteiger partial charge in [0.05, 0.1) is 24.9 Å². The lowest BCUT2D eigenvalue weighted by Crippen LogP contribution is -2.41. The van der Waals surface area contributed by atoms with Crippen molar-refractivity contribution < 1.29 is 48.8 Å². The Morgan fingerprint density at radius 1 is 0.346 bits per heavy atom. The molecule has 1 fully saturated rings. The molecule has 18 aromatic rings. The van der Waals surface area contributed by atoms with Crippen molar-refractivity contribution in [1.82, 2.24) is 0 Å². The molecule has 0 spiro atoms. The molecule has 0 N–H and O–H groups in total. The first kappa shape index (κ1) is 56.6. The largest absolute Gasteiger partial charge is 0.534 e. The maximum atomic E-state index is 12.7. The molecule has 1 aliphatic rings. The highest BCUT2D eigenvalue weighted by molar-refractivity contribution is 7.88. The number of thiophene rings is 2. The minimum absolute atomic E-state index is 0. The van der Waals surface area contributed by atoms with Gasteiger partial charge in [-0.25, -0.2) is 0 Å². The third-order valence-electron chi connectivity index (χ3n) is 19.8. The molecule has 0 atom stereocenters. The molecular weight excluding hydrogens is 1350 g/mol. The Hall–Kier alpha value is -11.0. The van der Waals surface area contributed by atoms with Gasteiger partial charge in [0.25, 0.3) is 0 Å². The summed E-state index contributed by atoms with van der Waals surface area (Å²) in [6, 6.07) is 81.2. The fourth-order valence-electron chi connectivity index (χ4n) is 14.2. The minimum Gasteiger partial charge on any atom is -0.399 e. The van der Waals surface area contributed by atoms with Crippen LogP contribution in [0.3, 0.4) is 0 Å². The summed E-state index contributed by atoms with van der Waals surface area (Å²) in [7, 11) is -6.26. The maximum Gasteiger partial charge on any atom is 0.534 e. The van der Waals surface area contributed by atoms with Crippen LogP contribution in [0.15, 0.2) is 315 Å². The van der Waals surface area contributed by atoms with Crippen molar-refractivity contribution in [3.63, 3.8) is 0 Å². The van der Waals surface area contributed by atoms with Gasteiger partial charge in [-0.15, -0.1) is 22.7 Å². The second-order valence-corrected chi connectivity index (χ2v) is 29.9. The fraction of sp³-hybridized carbons (Fsp3) is 0.0870. The molecule has 12 heteroatoms. The highest BCUT2D eigenvalue weighted by atomic mass is 32.2. The predicted octanol–water partition coefficient (Wildman–Crippen LogP) is 26.2. The smallest absolute Gasteiger partial charge is 0.399 e. The molecular formula is C92H68BF3O5S3. The predicted molar refractivity (Wildman–Crippen MR) is 435 cm³/mol. The Morgan fingerprint density at radius 2 is 0.663 bits per heavy atom. The summed E-state index contributed by atoms with van der Waals surface area (Å²) in [6.45, 7) is 8.09. The van der Waals surface area contributed by atoms with Crippen molar-refractivity contribution in [1.29, 1.82) is 0 Å². The zero-order valence-electron chi connectivity index (χ0n) is 65.7. The van der Waals surface area contributed by atoms with Crippen LogP contribution in [0.5, 0.6) is 5.75 Å². The molecule has 0 bridgehead atoms. The summed E-state index contributed by atoms with van der Waals surface area (Å²) >= 11 is 3.14. The van der Waals surface area contributed by atoms with Gasteiger partial charge >= 0.3 is 22.7 Å². The third-order valence-corrected chi connectivity index (χ3v) is 23.3. The molecule has 2 aromatic heterocycles. The van der Waals surface area contributed by atoms with Crippen LogP contribution in [0, 0.1) is 0 Å². The standard InChI is InChI=1S/C42H26S.C25H15F3O3S.C24H23BO2S.CH4/c1-2-11-27(12-3-1)31-19-9-21-38-39-22-10-20-32(42(39)43-41(31)38)30-14-8-13-28(25-30)29-23-24-37-35-17-5-4-15-33(35)34-16-6-7-18-36(34)40(37)26-29;26-25(27,28)32(29,30)31-18-7-5-6-16(14-18)17-12-13-23-21-10-2-1-8-19(21)20-9-3-4-11-22(20)24(23)15-17;1-23(2)24(3,4)27-25(26-23)20-15-9-14-19-18-13-8-12-17(21(18)28-22(19)20)16-10-6-5-7-11-16;/h1-26H;1-15H;5-15H,1-4H3;1H4/i1D,2D,3D,11D,12D;;5D,6D,7D,10D,11D;. The molecule has 3 heterocycles. The van der Waals surface area contributed by atoms with E-state index in [0.29, 0.717) is 16.7 Å². The number of hydrogen-bond donors (Lipinski definition) is 0. The van der Waals surface area contributed by atoms with Crippen molar-refractivity contribution >= 4 is 150 Å². The molecule has 0 unspecified atom stereocenters. The van der Waals surface area contributed by atoms with Crippen LogP contribution >= 0.6 is 22.7 Å². The molecule has 1 saturated heterocycles. The first-order valence-electron chi connectivity index (χ1n) is 38.4. The molecule has 1 aliphatic heterocycles. The van der Waals surface area contributed by atoms with Crippen LogP contribution < -0.4 is 9.65 Å². The molecule has 0 amide bonds. The Labute approximate surface area is 623 Å². The van der Waals surface area contributed by atoms with E-state index in [1.165, 1.54) is 61.9 Å². The van der Waals surface area contributed by atoms with E-state index in [-0.39, 0.29) is 79.0 Å². The van der Waals surface area contributed by atoms with Gasteiger partial charge in [-0.1, -0.05) is 292 Å². The number of benzene rings is 16. The van der Waals surface area contributed by atoms with Gasteiger partial charge < -0.3 is 13.5 Å². The molecule has 16 aromatic carbocycles. The van der Waals surface area contributed by atoms with Crippen LogP contribution in [-0.2, 0) is 19.4 Å². The van der Waals surface area contributed by atoms with E-state index in [1.807, 2.05) is 125 Å². The first-order chi connectivity index (χ1) is 54.1. The minimum atomic E-state index is -5.74. The molecule has 0 aliphatic carbocycles. The molecule has 5 nitrogen and oxygen atoms in total. The zero-order valence-corrected chi connectivity index (χ0v) is 58.2. The second-order valence-electron chi connectivity index (χ2n) is 26.4. The van der Waals surface area contributed by atoms with Gasteiger partial charge in [0.1, 0.15) is 5.75 Å². The van der Waals surface area contributed by atoms with E-state index in [9.17, 15) is 21.6 Å². The van der Waals surface area contributed by atoms with Gasteiger partial charge in [-0.2, -0.15) is 21.6 Å². The molecule has 0 radical (unpaired) electrons. The Kier molecular flexibility index (Phi) is 14.5. The first-order valence-corrected chi connectivity index (χ1v) is 36.4. The Balaban J connectivity index is 0.000000132. The lowest BCUT2D eigenvalue weighted by molar-refractivity contribution is -0.0500. The van der Waals surface area contributed by atoms with E-state index in [2.05, 4.69) is 138 Å². The summed E-state index contributed by atoms with van der Waals surface area (Å²) < 4.78 is 164. The summed E-state index contributed by atoms with van der Waals surface area (Å²) in [4.78, 5) is 0. The lowest BCUT2D eigenvalue weighted by Gasteiger charge is -2.32. The van der Waals surface area contributed by atoms with E-state index in [1.54, 1.807) is 17.4 Å². The fourth-order valence-corrected chi connectivity index (χ4v) is 17.3. The van der Waals surface area contributed by atoms with Crippen molar-refractivity contribution in [3.05, 3.63) is 315 Å². The summed E-state index contributed by atoms with van der Waals surface area (Å²) in [5.74, 6) is -0.400. The van der Waals surface area contributed by atoms with E-state index < -0.39 is 39.7 Å². The van der Waals surface area contributed by atoms with Crippen molar-refractivity contribution in [3.8, 4) is 61.4 Å². The third kappa shape index (κ3) is 12.0. The van der Waals surface area contributed by atoms with Gasteiger partial charge in [0.15, 0.2) is 0 Å². The van der Waals surface area contributed by atoms with Crippen LogP contribution in [0.4, 0.5) is 13.2 Å². The van der Waals surface area contributed by atoms with Crippen LogP contribution in [-0.4, -0.2) is 32.2 Å². The number of rotatable bonds is 8. The van der Waals surface area contributed by atoms with Crippen molar-refractivity contribution in [2.75, 3.05) is 0 Å². The molecule has 19 rings (SSSR count). The van der Waals surface area contributed by atoms with Crippen LogP contribution in [0.25, 0.3) is 161 Å². The highest BCUT2D eigenvalue weighted by Gasteiger charge is 2.52. The van der Waals surface area contributed by atoms with Crippen molar-refractivity contribution in [2.24, 2.45) is 0 Å². The summed E-state index contributed by atoms with van der Waals surface area (Å²) in [5.41, 5.74) is 1.99. The Bertz CT molecular complexity index is 7030. The average molecular weight is 1430 g/mol. The van der Waals surface area contributed by atoms with E-state index in [4.69, 9.17) is 23.0 Å². The van der Waals surface area contributed by atoms with Crippen LogP contribution in [0.2, 0.25) is 0 Å². The van der Waals surface area contributed by atoms with Gasteiger partial charge in [0.2, 0.25) is 0 Å². The maximum absolute atomic E-state index is 12.7. The monoisotopic (exact) mass is 1430 g/mol. The average Bonchev–Trinajstić information content (AvgIpc) is 1.43. The molecule has 104 heavy (non-hydrogen) atoms. The number of alkyl halides is 3.